The van der Waals surface area contributed by atoms with Crippen molar-refractivity contribution < 1.29 is 4.79 Å². The van der Waals surface area contributed by atoms with Gasteiger partial charge >= 0.3 is 0 Å². The lowest BCUT2D eigenvalue weighted by atomic mass is 10.1. The topological polar surface area (TPSA) is 29.1 Å². The quantitative estimate of drug-likeness (QED) is 0.398. The minimum absolute atomic E-state index is 0.698. The molecule has 0 radical (unpaired) electrons. The molecule has 0 unspecified atom stereocenters. The van der Waals surface area contributed by atoms with Gasteiger partial charge in [-0.3, -0.25) is 0 Å². The molecule has 0 aromatic rings. The van der Waals surface area contributed by atoms with Gasteiger partial charge in [0.2, 0.25) is 0 Å². The zero-order chi connectivity index (χ0) is 11.2. The van der Waals surface area contributed by atoms with Crippen molar-refractivity contribution in [3.05, 3.63) is 0 Å². The van der Waals surface area contributed by atoms with Crippen LogP contribution in [0.15, 0.2) is 0 Å². The first-order chi connectivity index (χ1) is 7.41. The van der Waals surface area contributed by atoms with Gasteiger partial charge in [0.15, 0.2) is 0 Å². The highest BCUT2D eigenvalue weighted by molar-refractivity contribution is 5.48. The molecule has 90 valence electrons. The van der Waals surface area contributed by atoms with Gasteiger partial charge in [-0.2, -0.15) is 0 Å². The first-order valence-corrected chi connectivity index (χ1v) is 6.56. The lowest BCUT2D eigenvalue weighted by molar-refractivity contribution is -0.107. The van der Waals surface area contributed by atoms with Crippen molar-refractivity contribution in [3.63, 3.8) is 0 Å². The summed E-state index contributed by atoms with van der Waals surface area (Å²) in [7, 11) is 0. The average molecular weight is 213 g/mol. The number of hydrogen-bond acceptors (Lipinski definition) is 2. The molecular formula is C13H27NO. The van der Waals surface area contributed by atoms with E-state index in [9.17, 15) is 4.79 Å². The summed E-state index contributed by atoms with van der Waals surface area (Å²) < 4.78 is 0. The van der Waals surface area contributed by atoms with E-state index < -0.39 is 0 Å². The summed E-state index contributed by atoms with van der Waals surface area (Å²) in [5.74, 6) is 0. The molecule has 2 heteroatoms. The van der Waals surface area contributed by atoms with Crippen molar-refractivity contribution in [2.75, 3.05) is 13.1 Å². The molecule has 0 spiro atoms. The Kier molecular flexibility index (Phi) is 13.3. The highest BCUT2D eigenvalue weighted by Crippen LogP contribution is 2.06. The first kappa shape index (κ1) is 14.6. The molecule has 0 heterocycles. The fourth-order valence-electron chi connectivity index (χ4n) is 1.64. The second-order valence-electron chi connectivity index (χ2n) is 4.18. The number of hydrogen-bond donors (Lipinski definition) is 1. The molecule has 0 aliphatic carbocycles. The van der Waals surface area contributed by atoms with E-state index in [2.05, 4.69) is 12.2 Å². The molecule has 0 bridgehead atoms. The van der Waals surface area contributed by atoms with Crippen LogP contribution >= 0.6 is 0 Å². The first-order valence-electron chi connectivity index (χ1n) is 6.56. The molecule has 0 aromatic heterocycles. The molecule has 0 amide bonds. The van der Waals surface area contributed by atoms with Crippen LogP contribution in [-0.4, -0.2) is 19.4 Å². The Morgan fingerprint density at radius 1 is 0.867 bits per heavy atom. The van der Waals surface area contributed by atoms with Crippen molar-refractivity contribution in [2.24, 2.45) is 0 Å². The summed E-state index contributed by atoms with van der Waals surface area (Å²) in [5.41, 5.74) is 0. The maximum atomic E-state index is 10.0. The zero-order valence-corrected chi connectivity index (χ0v) is 10.3. The van der Waals surface area contributed by atoms with Crippen LogP contribution in [0.5, 0.6) is 0 Å². The van der Waals surface area contributed by atoms with E-state index in [0.717, 1.165) is 25.8 Å². The van der Waals surface area contributed by atoms with Gasteiger partial charge in [-0.15, -0.1) is 0 Å². The molecule has 1 N–H and O–H groups in total. The van der Waals surface area contributed by atoms with Crippen molar-refractivity contribution in [1.29, 1.82) is 0 Å². The molecule has 0 aromatic carbocycles. The van der Waals surface area contributed by atoms with Crippen LogP contribution in [0.3, 0.4) is 0 Å². The van der Waals surface area contributed by atoms with Crippen LogP contribution in [0.4, 0.5) is 0 Å². The number of nitrogens with one attached hydrogen (secondary N) is 1. The lowest BCUT2D eigenvalue weighted by Crippen LogP contribution is -2.16. The maximum Gasteiger partial charge on any atom is 0.120 e. The maximum absolute atomic E-state index is 10.0. The van der Waals surface area contributed by atoms with Gasteiger partial charge in [-0.05, 0) is 25.9 Å². The summed E-state index contributed by atoms with van der Waals surface area (Å²) in [4.78, 5) is 10.0. The molecule has 15 heavy (non-hydrogen) atoms. The summed E-state index contributed by atoms with van der Waals surface area (Å²) in [6, 6.07) is 0. The summed E-state index contributed by atoms with van der Waals surface area (Å²) >= 11 is 0. The van der Waals surface area contributed by atoms with Crippen LogP contribution in [0.2, 0.25) is 0 Å². The Morgan fingerprint density at radius 2 is 1.47 bits per heavy atom. The van der Waals surface area contributed by atoms with Crippen LogP contribution < -0.4 is 5.32 Å². The Hall–Kier alpha value is -0.370. The van der Waals surface area contributed by atoms with E-state index in [0.29, 0.717) is 6.42 Å². The van der Waals surface area contributed by atoms with Crippen molar-refractivity contribution in [1.82, 2.24) is 5.32 Å². The number of unbranched alkanes of at least 4 members (excludes halogenated alkanes) is 7. The van der Waals surface area contributed by atoms with Crippen molar-refractivity contribution >= 4 is 6.29 Å². The van der Waals surface area contributed by atoms with Gasteiger partial charge in [-0.25, -0.2) is 0 Å². The van der Waals surface area contributed by atoms with E-state index in [1.165, 1.54) is 44.9 Å². The van der Waals surface area contributed by atoms with Gasteiger partial charge in [0.25, 0.3) is 0 Å². The number of rotatable bonds is 12. The number of aldehydes is 1. The Bertz CT molecular complexity index is 126. The van der Waals surface area contributed by atoms with E-state index in [4.69, 9.17) is 0 Å². The zero-order valence-electron chi connectivity index (χ0n) is 10.3. The highest BCUT2D eigenvalue weighted by Gasteiger charge is 1.91. The molecule has 0 aliphatic rings. The molecule has 0 atom stereocenters. The Balaban J connectivity index is 2.83. The van der Waals surface area contributed by atoms with Gasteiger partial charge in [-0.1, -0.05) is 45.4 Å². The van der Waals surface area contributed by atoms with E-state index in [1.807, 2.05) is 0 Å². The summed E-state index contributed by atoms with van der Waals surface area (Å²) in [5, 5.41) is 3.36. The van der Waals surface area contributed by atoms with E-state index in [-0.39, 0.29) is 0 Å². The molecular weight excluding hydrogens is 186 g/mol. The molecule has 0 aliphatic heterocycles. The average Bonchev–Trinajstić information content (AvgIpc) is 2.26. The number of carbonyl (C=O) groups excluding carboxylic acids is 1. The third kappa shape index (κ3) is 13.6. The van der Waals surface area contributed by atoms with Crippen LogP contribution in [0, 0.1) is 0 Å². The van der Waals surface area contributed by atoms with Gasteiger partial charge in [0, 0.05) is 6.42 Å². The van der Waals surface area contributed by atoms with Gasteiger partial charge < -0.3 is 10.1 Å². The monoisotopic (exact) mass is 213 g/mol. The predicted molar refractivity (Wildman–Crippen MR) is 66.2 cm³/mol. The third-order valence-electron chi connectivity index (χ3n) is 2.63. The Labute approximate surface area is 94.8 Å². The molecule has 0 saturated heterocycles. The minimum Gasteiger partial charge on any atom is -0.317 e. The normalized spacial score (nSPS) is 10.5. The Morgan fingerprint density at radius 3 is 2.13 bits per heavy atom. The summed E-state index contributed by atoms with van der Waals surface area (Å²) in [6.07, 6.45) is 12.2. The second kappa shape index (κ2) is 13.6. The van der Waals surface area contributed by atoms with Crippen molar-refractivity contribution in [3.8, 4) is 0 Å². The molecule has 0 saturated carbocycles. The summed E-state index contributed by atoms with van der Waals surface area (Å²) in [6.45, 7) is 4.37. The fraction of sp³-hybridized carbons (Fsp3) is 0.923. The second-order valence-corrected chi connectivity index (χ2v) is 4.18. The van der Waals surface area contributed by atoms with E-state index in [1.54, 1.807) is 0 Å². The number of carbonyl (C=O) groups is 1. The molecule has 0 fully saturated rings. The molecule has 0 rings (SSSR count). The fourth-order valence-corrected chi connectivity index (χ4v) is 1.64. The third-order valence-corrected chi connectivity index (χ3v) is 2.63. The van der Waals surface area contributed by atoms with Crippen LogP contribution in [0.1, 0.15) is 64.7 Å². The highest BCUT2D eigenvalue weighted by atomic mass is 16.1. The predicted octanol–water partition coefficient (Wildman–Crippen LogP) is 3.31. The smallest absolute Gasteiger partial charge is 0.120 e. The lowest BCUT2D eigenvalue weighted by Gasteiger charge is -2.03. The minimum atomic E-state index is 0.698. The van der Waals surface area contributed by atoms with E-state index >= 15 is 0 Å². The molecule has 2 nitrogen and oxygen atoms in total. The van der Waals surface area contributed by atoms with Crippen LogP contribution in [-0.2, 0) is 4.79 Å². The SMILES string of the molecule is CCCCCCCCCNCCCC=O. The van der Waals surface area contributed by atoms with Gasteiger partial charge in [0.1, 0.15) is 6.29 Å². The van der Waals surface area contributed by atoms with Crippen LogP contribution in [0.25, 0.3) is 0 Å². The van der Waals surface area contributed by atoms with Crippen molar-refractivity contribution in [2.45, 2.75) is 64.7 Å². The largest absolute Gasteiger partial charge is 0.317 e. The van der Waals surface area contributed by atoms with Gasteiger partial charge in [0.05, 0.1) is 0 Å². The standard InChI is InChI=1S/C13H27NO/c1-2-3-4-5-6-7-8-11-14-12-9-10-13-15/h13-14H,2-12H2,1H3.